The monoisotopic (exact) mass is 285 g/mol. The molecule has 0 N–H and O–H groups in total. The molecule has 0 bridgehead atoms. The minimum Gasteiger partial charge on any atom is -0.340 e. The van der Waals surface area contributed by atoms with Gasteiger partial charge in [0.05, 0.1) is 17.3 Å². The van der Waals surface area contributed by atoms with Crippen LogP contribution >= 0.6 is 34.3 Å². The minimum atomic E-state index is 0.136. The molecule has 0 atom stereocenters. The van der Waals surface area contributed by atoms with Crippen molar-refractivity contribution in [3.63, 3.8) is 0 Å². The van der Waals surface area contributed by atoms with E-state index in [1.807, 2.05) is 36.7 Å². The lowest BCUT2D eigenvalue weighted by Crippen LogP contribution is -2.27. The number of nitrogens with zero attached hydrogens (tertiary/aromatic N) is 1. The molecule has 2 nitrogen and oxygen atoms in total. The van der Waals surface area contributed by atoms with E-state index in [0.717, 1.165) is 14.1 Å². The maximum Gasteiger partial charge on any atom is 0.227 e. The van der Waals surface area contributed by atoms with E-state index in [1.165, 1.54) is 11.3 Å². The van der Waals surface area contributed by atoms with Crippen molar-refractivity contribution in [2.24, 2.45) is 0 Å². The van der Waals surface area contributed by atoms with Gasteiger partial charge in [-0.1, -0.05) is 17.7 Å². The summed E-state index contributed by atoms with van der Waals surface area (Å²) in [4.78, 5) is 15.9. The molecule has 0 aliphatic rings. The second-order valence-corrected chi connectivity index (χ2v) is 6.54. The van der Waals surface area contributed by atoms with Crippen LogP contribution in [0.25, 0.3) is 0 Å². The highest BCUT2D eigenvalue weighted by molar-refractivity contribution is 7.16. The third kappa shape index (κ3) is 3.56. The number of hydrogen-bond donors (Lipinski definition) is 0. The first-order valence-corrected chi connectivity index (χ1v) is 7.23. The topological polar surface area (TPSA) is 20.3 Å². The third-order valence-corrected chi connectivity index (χ3v) is 4.45. The van der Waals surface area contributed by atoms with Crippen LogP contribution in [0.4, 0.5) is 0 Å². The maximum atomic E-state index is 11.9. The highest BCUT2D eigenvalue weighted by Crippen LogP contribution is 2.22. The van der Waals surface area contributed by atoms with Gasteiger partial charge in [-0.05, 0) is 23.6 Å². The fourth-order valence-corrected chi connectivity index (χ4v) is 3.29. The van der Waals surface area contributed by atoms with Gasteiger partial charge in [0.15, 0.2) is 0 Å². The number of thiophene rings is 2. The summed E-state index contributed by atoms with van der Waals surface area (Å²) >= 11 is 8.98. The summed E-state index contributed by atoms with van der Waals surface area (Å²) in [5.74, 6) is 0.136. The first kappa shape index (κ1) is 12.6. The first-order valence-electron chi connectivity index (χ1n) is 5.15. The molecule has 0 aliphatic heterocycles. The summed E-state index contributed by atoms with van der Waals surface area (Å²) in [5.41, 5.74) is 0. The molecule has 0 radical (unpaired) electrons. The van der Waals surface area contributed by atoms with Gasteiger partial charge in [0, 0.05) is 16.8 Å². The molecule has 0 unspecified atom stereocenters. The number of carbonyl (C=O) groups excluding carboxylic acids is 1. The smallest absolute Gasteiger partial charge is 0.227 e. The first-order chi connectivity index (χ1) is 8.15. The predicted molar refractivity (Wildman–Crippen MR) is 73.8 cm³/mol. The predicted octanol–water partition coefficient (Wildman–Crippen LogP) is 3.66. The molecule has 2 heterocycles. The zero-order valence-corrected chi connectivity index (χ0v) is 11.7. The summed E-state index contributed by atoms with van der Waals surface area (Å²) in [6, 6.07) is 7.77. The average Bonchev–Trinajstić information content (AvgIpc) is 2.90. The Morgan fingerprint density at radius 2 is 2.18 bits per heavy atom. The van der Waals surface area contributed by atoms with Crippen molar-refractivity contribution in [3.05, 3.63) is 43.7 Å². The van der Waals surface area contributed by atoms with Crippen molar-refractivity contribution in [2.75, 3.05) is 7.05 Å². The van der Waals surface area contributed by atoms with Crippen molar-refractivity contribution in [1.29, 1.82) is 0 Å². The van der Waals surface area contributed by atoms with Gasteiger partial charge in [0.2, 0.25) is 5.91 Å². The third-order valence-electron chi connectivity index (χ3n) is 2.35. The van der Waals surface area contributed by atoms with Gasteiger partial charge in [-0.25, -0.2) is 0 Å². The maximum absolute atomic E-state index is 11.9. The van der Waals surface area contributed by atoms with E-state index in [0.29, 0.717) is 13.0 Å². The Hall–Kier alpha value is -0.840. The van der Waals surface area contributed by atoms with E-state index in [9.17, 15) is 4.79 Å². The Bertz CT molecular complexity index is 492. The normalized spacial score (nSPS) is 10.5. The largest absolute Gasteiger partial charge is 0.340 e. The Morgan fingerprint density at radius 3 is 2.76 bits per heavy atom. The van der Waals surface area contributed by atoms with Crippen LogP contribution in [0.5, 0.6) is 0 Å². The van der Waals surface area contributed by atoms with Crippen LogP contribution < -0.4 is 0 Å². The molecular weight excluding hydrogens is 274 g/mol. The molecular formula is C12H12ClNOS2. The Balaban J connectivity index is 1.91. The number of likely N-dealkylation sites (N-methyl/N-ethyl adjacent to an activating group) is 1. The lowest BCUT2D eigenvalue weighted by molar-refractivity contribution is -0.129. The zero-order chi connectivity index (χ0) is 12.3. The van der Waals surface area contributed by atoms with Crippen LogP contribution in [0.2, 0.25) is 4.34 Å². The van der Waals surface area contributed by atoms with Crippen LogP contribution in [-0.2, 0) is 17.8 Å². The molecule has 90 valence electrons. The Kier molecular flexibility index (Phi) is 4.20. The highest BCUT2D eigenvalue weighted by atomic mass is 35.5. The summed E-state index contributed by atoms with van der Waals surface area (Å²) in [7, 11) is 1.82. The Morgan fingerprint density at radius 1 is 1.35 bits per heavy atom. The standard InChI is InChI=1S/C12H12ClNOS2/c1-14(8-10-4-5-11(13)17-10)12(15)7-9-3-2-6-16-9/h2-6H,7-8H2,1H3. The van der Waals surface area contributed by atoms with Crippen molar-refractivity contribution in [2.45, 2.75) is 13.0 Å². The van der Waals surface area contributed by atoms with Gasteiger partial charge < -0.3 is 4.90 Å². The summed E-state index contributed by atoms with van der Waals surface area (Å²) in [6.45, 7) is 0.627. The van der Waals surface area contributed by atoms with Crippen molar-refractivity contribution in [1.82, 2.24) is 4.90 Å². The number of halogens is 1. The average molecular weight is 286 g/mol. The lowest BCUT2D eigenvalue weighted by atomic mass is 10.3. The fourth-order valence-electron chi connectivity index (χ4n) is 1.46. The van der Waals surface area contributed by atoms with E-state index < -0.39 is 0 Å². The number of rotatable bonds is 4. The van der Waals surface area contributed by atoms with E-state index >= 15 is 0 Å². The number of hydrogen-bond acceptors (Lipinski definition) is 3. The minimum absolute atomic E-state index is 0.136. The van der Waals surface area contributed by atoms with E-state index in [-0.39, 0.29) is 5.91 Å². The molecule has 17 heavy (non-hydrogen) atoms. The number of amides is 1. The SMILES string of the molecule is CN(Cc1ccc(Cl)s1)C(=O)Cc1cccs1. The second kappa shape index (κ2) is 5.67. The number of carbonyl (C=O) groups is 1. The summed E-state index contributed by atoms with van der Waals surface area (Å²) in [6.07, 6.45) is 0.479. The molecule has 0 saturated carbocycles. The molecule has 1 amide bonds. The molecule has 0 saturated heterocycles. The van der Waals surface area contributed by atoms with Gasteiger partial charge in [0.1, 0.15) is 0 Å². The Labute approximate surface area is 113 Å². The van der Waals surface area contributed by atoms with Crippen LogP contribution in [0.3, 0.4) is 0 Å². The summed E-state index contributed by atoms with van der Waals surface area (Å²) in [5, 5.41) is 1.99. The van der Waals surface area contributed by atoms with Crippen LogP contribution in [0.15, 0.2) is 29.6 Å². The summed E-state index contributed by atoms with van der Waals surface area (Å²) < 4.78 is 0.763. The van der Waals surface area contributed by atoms with Crippen molar-refractivity contribution >= 4 is 40.2 Å². The molecule has 2 aromatic heterocycles. The van der Waals surface area contributed by atoms with E-state index in [1.54, 1.807) is 16.2 Å². The molecule has 2 rings (SSSR count). The van der Waals surface area contributed by atoms with Gasteiger partial charge in [-0.15, -0.1) is 22.7 Å². The quantitative estimate of drug-likeness (QED) is 0.839. The molecule has 0 aliphatic carbocycles. The van der Waals surface area contributed by atoms with Crippen molar-refractivity contribution in [3.8, 4) is 0 Å². The zero-order valence-electron chi connectivity index (χ0n) is 9.35. The van der Waals surface area contributed by atoms with Gasteiger partial charge in [0.25, 0.3) is 0 Å². The van der Waals surface area contributed by atoms with Gasteiger partial charge in [-0.3, -0.25) is 4.79 Å². The van der Waals surface area contributed by atoms with Gasteiger partial charge in [-0.2, -0.15) is 0 Å². The molecule has 0 spiro atoms. The molecule has 5 heteroatoms. The second-order valence-electron chi connectivity index (χ2n) is 3.71. The van der Waals surface area contributed by atoms with Crippen LogP contribution in [0, 0.1) is 0 Å². The molecule has 0 aromatic carbocycles. The highest BCUT2D eigenvalue weighted by Gasteiger charge is 2.11. The van der Waals surface area contributed by atoms with Crippen LogP contribution in [-0.4, -0.2) is 17.9 Å². The molecule has 0 fully saturated rings. The van der Waals surface area contributed by atoms with E-state index in [2.05, 4.69) is 0 Å². The van der Waals surface area contributed by atoms with Crippen LogP contribution in [0.1, 0.15) is 9.75 Å². The van der Waals surface area contributed by atoms with Gasteiger partial charge >= 0.3 is 0 Å². The lowest BCUT2D eigenvalue weighted by Gasteiger charge is -2.15. The molecule has 2 aromatic rings. The van der Waals surface area contributed by atoms with E-state index in [4.69, 9.17) is 11.6 Å². The fraction of sp³-hybridized carbons (Fsp3) is 0.250. The van der Waals surface area contributed by atoms with Crippen molar-refractivity contribution < 1.29 is 4.79 Å².